The smallest absolute Gasteiger partial charge is 0.148 e. The Bertz CT molecular complexity index is 703. The molecule has 0 saturated heterocycles. The molecule has 1 aromatic carbocycles. The van der Waals surface area contributed by atoms with E-state index in [4.69, 9.17) is 16.0 Å². The highest BCUT2D eigenvalue weighted by atomic mass is 35.5. The first-order valence-electron chi connectivity index (χ1n) is 4.97. The summed E-state index contributed by atoms with van der Waals surface area (Å²) in [7, 11) is 0. The molecule has 0 aliphatic heterocycles. The van der Waals surface area contributed by atoms with Gasteiger partial charge in [-0.25, -0.2) is 4.98 Å². The number of hydrogen-bond acceptors (Lipinski definition) is 3. The predicted molar refractivity (Wildman–Crippen MR) is 63.8 cm³/mol. The van der Waals surface area contributed by atoms with Crippen LogP contribution in [0.5, 0.6) is 0 Å². The van der Waals surface area contributed by atoms with Crippen molar-refractivity contribution >= 4 is 33.6 Å². The molecule has 80 valence electrons. The number of aromatic nitrogens is 2. The molecular formula is C12H9ClN2O. The third kappa shape index (κ3) is 1.28. The normalized spacial score (nSPS) is 11.4. The molecule has 0 unspecified atom stereocenters. The minimum absolute atomic E-state index is 0.395. The Kier molecular flexibility index (Phi) is 1.91. The van der Waals surface area contributed by atoms with Gasteiger partial charge in [0.15, 0.2) is 0 Å². The zero-order valence-electron chi connectivity index (χ0n) is 8.91. The molecule has 0 fully saturated rings. The summed E-state index contributed by atoms with van der Waals surface area (Å²) >= 11 is 5.80. The predicted octanol–water partition coefficient (Wildman–Crippen LogP) is 3.65. The van der Waals surface area contributed by atoms with E-state index in [1.165, 1.54) is 0 Å². The van der Waals surface area contributed by atoms with Crippen LogP contribution in [0.1, 0.15) is 11.3 Å². The van der Waals surface area contributed by atoms with Crippen molar-refractivity contribution < 1.29 is 4.42 Å². The van der Waals surface area contributed by atoms with Crippen molar-refractivity contribution in [2.75, 3.05) is 0 Å². The lowest BCUT2D eigenvalue weighted by Gasteiger charge is -1.97. The molecule has 0 aliphatic rings. The van der Waals surface area contributed by atoms with Crippen molar-refractivity contribution in [2.24, 2.45) is 0 Å². The van der Waals surface area contributed by atoms with Gasteiger partial charge in [0, 0.05) is 11.5 Å². The Morgan fingerprint density at radius 2 is 2.00 bits per heavy atom. The number of benzene rings is 1. The van der Waals surface area contributed by atoms with Gasteiger partial charge < -0.3 is 4.42 Å². The van der Waals surface area contributed by atoms with Gasteiger partial charge in [-0.3, -0.25) is 4.98 Å². The largest absolute Gasteiger partial charge is 0.461 e. The van der Waals surface area contributed by atoms with Crippen molar-refractivity contribution in [1.82, 2.24) is 9.97 Å². The second kappa shape index (κ2) is 3.19. The van der Waals surface area contributed by atoms with Crippen LogP contribution in [0.25, 0.3) is 22.0 Å². The lowest BCUT2D eigenvalue weighted by atomic mass is 10.1. The molecule has 3 aromatic rings. The summed E-state index contributed by atoms with van der Waals surface area (Å²) in [6.45, 7) is 3.99. The van der Waals surface area contributed by atoms with Gasteiger partial charge in [-0.1, -0.05) is 11.6 Å². The number of rotatable bonds is 0. The van der Waals surface area contributed by atoms with Crippen LogP contribution in [0.4, 0.5) is 0 Å². The number of aryl methyl sites for hydroxylation is 2. The Hall–Kier alpha value is -1.61. The highest BCUT2D eigenvalue weighted by Gasteiger charge is 2.09. The third-order valence-electron chi connectivity index (χ3n) is 2.81. The van der Waals surface area contributed by atoms with Gasteiger partial charge in [0.2, 0.25) is 0 Å². The van der Waals surface area contributed by atoms with E-state index >= 15 is 0 Å². The van der Waals surface area contributed by atoms with Gasteiger partial charge in [-0.15, -0.1) is 0 Å². The van der Waals surface area contributed by atoms with E-state index in [1.54, 1.807) is 6.20 Å². The Morgan fingerprint density at radius 3 is 2.81 bits per heavy atom. The maximum atomic E-state index is 5.80. The topological polar surface area (TPSA) is 38.9 Å². The lowest BCUT2D eigenvalue weighted by molar-refractivity contribution is 0.575. The molecule has 3 nitrogen and oxygen atoms in total. The molecule has 2 aromatic heterocycles. The van der Waals surface area contributed by atoms with E-state index in [0.717, 1.165) is 33.3 Å². The monoisotopic (exact) mass is 232 g/mol. The van der Waals surface area contributed by atoms with Crippen LogP contribution in [0.2, 0.25) is 5.15 Å². The van der Waals surface area contributed by atoms with Crippen LogP contribution in [0.15, 0.2) is 22.7 Å². The fourth-order valence-electron chi connectivity index (χ4n) is 1.83. The number of nitrogens with zero attached hydrogens (tertiary/aromatic N) is 2. The summed E-state index contributed by atoms with van der Waals surface area (Å²) in [6.07, 6.45) is 1.55. The first kappa shape index (κ1) is 9.60. The average Bonchev–Trinajstić information content (AvgIpc) is 2.52. The van der Waals surface area contributed by atoms with Crippen molar-refractivity contribution in [3.05, 3.63) is 34.8 Å². The first-order chi connectivity index (χ1) is 7.65. The van der Waals surface area contributed by atoms with E-state index in [2.05, 4.69) is 9.97 Å². The fourth-order valence-corrected chi connectivity index (χ4v) is 1.97. The standard InChI is InChI=1S/C12H9ClN2O/c1-6-7(2)16-11-4-10-9(3-8(6)11)14-5-12(13)15-10/h3-5H,1-2H3. The van der Waals surface area contributed by atoms with Crippen LogP contribution in [0, 0.1) is 13.8 Å². The Labute approximate surface area is 97.1 Å². The summed E-state index contributed by atoms with van der Waals surface area (Å²) in [4.78, 5) is 8.45. The van der Waals surface area contributed by atoms with Crippen molar-refractivity contribution in [3.63, 3.8) is 0 Å². The van der Waals surface area contributed by atoms with Crippen LogP contribution in [0.3, 0.4) is 0 Å². The molecule has 2 heterocycles. The molecule has 0 aliphatic carbocycles. The molecule has 0 amide bonds. The number of furan rings is 1. The molecule has 4 heteroatoms. The SMILES string of the molecule is Cc1oc2cc3nc(Cl)cnc3cc2c1C. The summed E-state index contributed by atoms with van der Waals surface area (Å²) in [5, 5.41) is 1.48. The van der Waals surface area contributed by atoms with Crippen molar-refractivity contribution in [2.45, 2.75) is 13.8 Å². The third-order valence-corrected chi connectivity index (χ3v) is 2.99. The van der Waals surface area contributed by atoms with Gasteiger partial charge >= 0.3 is 0 Å². The van der Waals surface area contributed by atoms with Crippen LogP contribution < -0.4 is 0 Å². The van der Waals surface area contributed by atoms with E-state index in [0.29, 0.717) is 5.15 Å². The summed E-state index contributed by atoms with van der Waals surface area (Å²) < 4.78 is 5.64. The highest BCUT2D eigenvalue weighted by Crippen LogP contribution is 2.28. The highest BCUT2D eigenvalue weighted by molar-refractivity contribution is 6.29. The second-order valence-electron chi connectivity index (χ2n) is 3.81. The van der Waals surface area contributed by atoms with Gasteiger partial charge in [0.25, 0.3) is 0 Å². The quantitative estimate of drug-likeness (QED) is 0.594. The maximum absolute atomic E-state index is 5.80. The van der Waals surface area contributed by atoms with Crippen molar-refractivity contribution in [3.8, 4) is 0 Å². The van der Waals surface area contributed by atoms with E-state index < -0.39 is 0 Å². The molecule has 0 bridgehead atoms. The molecule has 3 rings (SSSR count). The summed E-state index contributed by atoms with van der Waals surface area (Å²) in [6, 6.07) is 3.86. The van der Waals surface area contributed by atoms with Crippen LogP contribution >= 0.6 is 11.6 Å². The van der Waals surface area contributed by atoms with Gasteiger partial charge in [-0.2, -0.15) is 0 Å². The first-order valence-corrected chi connectivity index (χ1v) is 5.35. The fraction of sp³-hybridized carbons (Fsp3) is 0.167. The zero-order valence-corrected chi connectivity index (χ0v) is 9.67. The molecule has 0 saturated carbocycles. The molecule has 0 spiro atoms. The minimum atomic E-state index is 0.395. The summed E-state index contributed by atoms with van der Waals surface area (Å²) in [5.41, 5.74) is 3.57. The number of fused-ring (bicyclic) bond motifs is 2. The van der Waals surface area contributed by atoms with Crippen molar-refractivity contribution in [1.29, 1.82) is 0 Å². The molecule has 16 heavy (non-hydrogen) atoms. The van der Waals surface area contributed by atoms with E-state index in [1.807, 2.05) is 26.0 Å². The minimum Gasteiger partial charge on any atom is -0.461 e. The molecule has 0 radical (unpaired) electrons. The van der Waals surface area contributed by atoms with Crippen LogP contribution in [-0.2, 0) is 0 Å². The van der Waals surface area contributed by atoms with Crippen LogP contribution in [-0.4, -0.2) is 9.97 Å². The van der Waals surface area contributed by atoms with E-state index in [-0.39, 0.29) is 0 Å². The Balaban J connectivity index is 2.48. The Morgan fingerprint density at radius 1 is 1.19 bits per heavy atom. The average molecular weight is 233 g/mol. The van der Waals surface area contributed by atoms with E-state index in [9.17, 15) is 0 Å². The number of halogens is 1. The molecule has 0 N–H and O–H groups in total. The zero-order chi connectivity index (χ0) is 11.3. The van der Waals surface area contributed by atoms with Gasteiger partial charge in [0.05, 0.1) is 17.2 Å². The maximum Gasteiger partial charge on any atom is 0.148 e. The number of hydrogen-bond donors (Lipinski definition) is 0. The second-order valence-corrected chi connectivity index (χ2v) is 4.20. The van der Waals surface area contributed by atoms with Gasteiger partial charge in [-0.05, 0) is 25.5 Å². The van der Waals surface area contributed by atoms with Gasteiger partial charge in [0.1, 0.15) is 16.5 Å². The molecular weight excluding hydrogens is 224 g/mol. The molecule has 0 atom stereocenters. The lowest BCUT2D eigenvalue weighted by Crippen LogP contribution is -1.83. The summed E-state index contributed by atoms with van der Waals surface area (Å²) in [5.74, 6) is 0.927.